The zero-order valence-corrected chi connectivity index (χ0v) is 8.51. The van der Waals surface area contributed by atoms with Crippen LogP contribution in [0.5, 0.6) is 0 Å². The Kier molecular flexibility index (Phi) is 3.97. The quantitative estimate of drug-likeness (QED) is 0.552. The molecular weight excluding hydrogens is 196 g/mol. The van der Waals surface area contributed by atoms with Gasteiger partial charge in [0.25, 0.3) is 0 Å². The highest BCUT2D eigenvalue weighted by atomic mass is 16.5. The van der Waals surface area contributed by atoms with Crippen molar-refractivity contribution in [2.45, 2.75) is 13.3 Å². The predicted octanol–water partition coefficient (Wildman–Crippen LogP) is 2.01. The lowest BCUT2D eigenvalue weighted by atomic mass is 9.98. The summed E-state index contributed by atoms with van der Waals surface area (Å²) < 4.78 is 4.71. The number of hydrogen-bond donors (Lipinski definition) is 2. The van der Waals surface area contributed by atoms with Crippen LogP contribution in [-0.2, 0) is 9.53 Å². The van der Waals surface area contributed by atoms with Crippen molar-refractivity contribution in [1.29, 1.82) is 0 Å². The van der Waals surface area contributed by atoms with Crippen molar-refractivity contribution in [3.63, 3.8) is 0 Å². The standard InChI is InChI=1S/C11H14O4/c1-2-15-11(14)6-4-8-3-5-9(12)10(13)7-8/h4-8,12-13H,2-3H2,1H3. The zero-order valence-electron chi connectivity index (χ0n) is 8.51. The molecule has 0 aromatic rings. The van der Waals surface area contributed by atoms with Crippen molar-refractivity contribution in [3.05, 3.63) is 35.8 Å². The molecule has 82 valence electrons. The minimum absolute atomic E-state index is 0.0784. The van der Waals surface area contributed by atoms with Gasteiger partial charge in [-0.2, -0.15) is 0 Å². The van der Waals surface area contributed by atoms with Crippen molar-refractivity contribution >= 4 is 5.97 Å². The second-order valence-electron chi connectivity index (χ2n) is 3.15. The molecule has 0 aliphatic heterocycles. The second kappa shape index (κ2) is 5.24. The van der Waals surface area contributed by atoms with Gasteiger partial charge in [0.1, 0.15) is 0 Å². The molecule has 4 nitrogen and oxygen atoms in total. The smallest absolute Gasteiger partial charge is 0.330 e. The first-order valence-corrected chi connectivity index (χ1v) is 4.78. The molecule has 2 N–H and O–H groups in total. The Balaban J connectivity index is 2.52. The minimum atomic E-state index is -0.399. The topological polar surface area (TPSA) is 66.8 Å². The molecule has 1 atom stereocenters. The molecule has 0 amide bonds. The van der Waals surface area contributed by atoms with Gasteiger partial charge >= 0.3 is 5.97 Å². The minimum Gasteiger partial charge on any atom is -0.504 e. The number of esters is 1. The van der Waals surface area contributed by atoms with Gasteiger partial charge in [-0.25, -0.2) is 4.79 Å². The molecule has 0 radical (unpaired) electrons. The molecule has 0 aromatic carbocycles. The molecular formula is C11H14O4. The van der Waals surface area contributed by atoms with E-state index in [9.17, 15) is 9.90 Å². The maximum absolute atomic E-state index is 11.0. The first-order chi connectivity index (χ1) is 7.13. The maximum atomic E-state index is 11.0. The molecule has 4 heteroatoms. The average Bonchev–Trinajstić information content (AvgIpc) is 2.20. The Morgan fingerprint density at radius 3 is 2.93 bits per heavy atom. The third kappa shape index (κ3) is 3.50. The highest BCUT2D eigenvalue weighted by Gasteiger charge is 2.11. The highest BCUT2D eigenvalue weighted by molar-refractivity contribution is 5.81. The van der Waals surface area contributed by atoms with E-state index in [1.807, 2.05) is 0 Å². The summed E-state index contributed by atoms with van der Waals surface area (Å²) in [6, 6.07) is 0. The molecule has 0 fully saturated rings. The van der Waals surface area contributed by atoms with Crippen LogP contribution in [-0.4, -0.2) is 22.8 Å². The van der Waals surface area contributed by atoms with Gasteiger partial charge in [0.2, 0.25) is 0 Å². The van der Waals surface area contributed by atoms with Gasteiger partial charge in [0, 0.05) is 12.0 Å². The molecule has 0 saturated heterocycles. The number of carbonyl (C=O) groups excluding carboxylic acids is 1. The molecule has 0 heterocycles. The summed E-state index contributed by atoms with van der Waals surface area (Å²) in [5.41, 5.74) is 0. The van der Waals surface area contributed by atoms with Gasteiger partial charge in [0.15, 0.2) is 11.5 Å². The van der Waals surface area contributed by atoms with Crippen LogP contribution in [0.1, 0.15) is 13.3 Å². The summed E-state index contributed by atoms with van der Waals surface area (Å²) in [5.74, 6) is -0.745. The highest BCUT2D eigenvalue weighted by Crippen LogP contribution is 2.20. The van der Waals surface area contributed by atoms with E-state index in [1.165, 1.54) is 18.2 Å². The summed E-state index contributed by atoms with van der Waals surface area (Å²) in [5, 5.41) is 18.3. The average molecular weight is 210 g/mol. The van der Waals surface area contributed by atoms with Crippen LogP contribution in [0.4, 0.5) is 0 Å². The summed E-state index contributed by atoms with van der Waals surface area (Å²) in [7, 11) is 0. The Morgan fingerprint density at radius 1 is 1.60 bits per heavy atom. The van der Waals surface area contributed by atoms with Crippen LogP contribution in [0.25, 0.3) is 0 Å². The van der Waals surface area contributed by atoms with E-state index in [0.29, 0.717) is 13.0 Å². The maximum Gasteiger partial charge on any atom is 0.330 e. The first kappa shape index (κ1) is 11.4. The van der Waals surface area contributed by atoms with Gasteiger partial charge < -0.3 is 14.9 Å². The van der Waals surface area contributed by atoms with Crippen LogP contribution in [0.2, 0.25) is 0 Å². The molecule has 0 saturated carbocycles. The van der Waals surface area contributed by atoms with Gasteiger partial charge in [0.05, 0.1) is 6.61 Å². The van der Waals surface area contributed by atoms with Crippen LogP contribution in [0, 0.1) is 5.92 Å². The number of aliphatic hydroxyl groups is 2. The monoisotopic (exact) mass is 210 g/mol. The van der Waals surface area contributed by atoms with Crippen molar-refractivity contribution < 1.29 is 19.7 Å². The molecule has 0 spiro atoms. The van der Waals surface area contributed by atoms with Gasteiger partial charge in [-0.15, -0.1) is 0 Å². The Morgan fingerprint density at radius 2 is 2.33 bits per heavy atom. The number of ether oxygens (including phenoxy) is 1. The van der Waals surface area contributed by atoms with E-state index in [1.54, 1.807) is 13.0 Å². The van der Waals surface area contributed by atoms with E-state index in [-0.39, 0.29) is 17.4 Å². The lowest BCUT2D eigenvalue weighted by Crippen LogP contribution is -2.04. The molecule has 0 aromatic heterocycles. The van der Waals surface area contributed by atoms with E-state index in [0.717, 1.165) is 0 Å². The molecule has 15 heavy (non-hydrogen) atoms. The molecule has 0 bridgehead atoms. The van der Waals surface area contributed by atoms with Crippen molar-refractivity contribution in [2.75, 3.05) is 6.61 Å². The molecule has 1 aliphatic rings. The molecule has 1 aliphatic carbocycles. The van der Waals surface area contributed by atoms with Gasteiger partial charge in [-0.3, -0.25) is 0 Å². The lowest BCUT2D eigenvalue weighted by molar-refractivity contribution is -0.137. The normalized spacial score (nSPS) is 21.0. The molecule has 1 unspecified atom stereocenters. The number of rotatable bonds is 3. The third-order valence-corrected chi connectivity index (χ3v) is 1.98. The second-order valence-corrected chi connectivity index (χ2v) is 3.15. The van der Waals surface area contributed by atoms with E-state index >= 15 is 0 Å². The van der Waals surface area contributed by atoms with E-state index in [4.69, 9.17) is 9.84 Å². The van der Waals surface area contributed by atoms with Crippen molar-refractivity contribution in [2.24, 2.45) is 5.92 Å². The fourth-order valence-electron chi connectivity index (χ4n) is 1.24. The zero-order chi connectivity index (χ0) is 11.3. The fourth-order valence-corrected chi connectivity index (χ4v) is 1.24. The Labute approximate surface area is 88.2 Å². The Bertz CT molecular complexity index is 325. The number of allylic oxidation sites excluding steroid dienone is 3. The third-order valence-electron chi connectivity index (χ3n) is 1.98. The van der Waals surface area contributed by atoms with Crippen molar-refractivity contribution in [3.8, 4) is 0 Å². The summed E-state index contributed by atoms with van der Waals surface area (Å²) in [6.45, 7) is 2.08. The van der Waals surface area contributed by atoms with Gasteiger partial charge in [-0.1, -0.05) is 6.08 Å². The first-order valence-electron chi connectivity index (χ1n) is 4.78. The van der Waals surface area contributed by atoms with Gasteiger partial charge in [-0.05, 0) is 25.5 Å². The lowest BCUT2D eigenvalue weighted by Gasteiger charge is -2.11. The number of carbonyl (C=O) groups is 1. The van der Waals surface area contributed by atoms with Crippen LogP contribution in [0.15, 0.2) is 35.8 Å². The van der Waals surface area contributed by atoms with E-state index < -0.39 is 5.97 Å². The van der Waals surface area contributed by atoms with Crippen LogP contribution < -0.4 is 0 Å². The summed E-state index contributed by atoms with van der Waals surface area (Å²) in [6.07, 6.45) is 6.53. The largest absolute Gasteiger partial charge is 0.504 e. The SMILES string of the molecule is CCOC(=O)C=CC1C=C(O)C(O)=CC1. The number of hydrogen-bond acceptors (Lipinski definition) is 4. The summed E-state index contributed by atoms with van der Waals surface area (Å²) in [4.78, 5) is 11.0. The summed E-state index contributed by atoms with van der Waals surface area (Å²) >= 11 is 0. The van der Waals surface area contributed by atoms with Crippen LogP contribution in [0.3, 0.4) is 0 Å². The fraction of sp³-hybridized carbons (Fsp3) is 0.364. The number of aliphatic hydroxyl groups excluding tert-OH is 2. The van der Waals surface area contributed by atoms with Crippen LogP contribution >= 0.6 is 0 Å². The van der Waals surface area contributed by atoms with Crippen molar-refractivity contribution in [1.82, 2.24) is 0 Å². The molecule has 1 rings (SSSR count). The Hall–Kier alpha value is -1.71. The van der Waals surface area contributed by atoms with E-state index in [2.05, 4.69) is 0 Å². The predicted molar refractivity (Wildman–Crippen MR) is 55.3 cm³/mol.